The molecule has 1 aliphatic heterocycles. The first-order valence-electron chi connectivity index (χ1n) is 6.13. The molecule has 4 heteroatoms. The number of aromatic nitrogens is 2. The van der Waals surface area contributed by atoms with Crippen LogP contribution in [0.3, 0.4) is 0 Å². The summed E-state index contributed by atoms with van der Waals surface area (Å²) >= 11 is 0. The van der Waals surface area contributed by atoms with E-state index >= 15 is 0 Å². The zero-order chi connectivity index (χ0) is 11.3. The summed E-state index contributed by atoms with van der Waals surface area (Å²) in [7, 11) is 0. The van der Waals surface area contributed by atoms with Crippen LogP contribution in [0.4, 0.5) is 4.39 Å². The van der Waals surface area contributed by atoms with E-state index in [-0.39, 0.29) is 6.04 Å². The van der Waals surface area contributed by atoms with Crippen molar-refractivity contribution in [3.05, 3.63) is 17.2 Å². The van der Waals surface area contributed by atoms with Gasteiger partial charge in [-0.1, -0.05) is 6.92 Å². The molecule has 3 rings (SSSR count). The predicted molar refractivity (Wildman–Crippen MR) is 59.9 cm³/mol. The van der Waals surface area contributed by atoms with E-state index in [9.17, 15) is 4.39 Å². The lowest BCUT2D eigenvalue weighted by Crippen LogP contribution is -2.30. The van der Waals surface area contributed by atoms with Crippen LogP contribution in [0.5, 0.6) is 0 Å². The molecule has 0 saturated carbocycles. The molecule has 16 heavy (non-hydrogen) atoms. The second-order valence-electron chi connectivity index (χ2n) is 5.26. The quantitative estimate of drug-likeness (QED) is 0.728. The molecule has 0 aromatic carbocycles. The smallest absolute Gasteiger partial charge is 0.126 e. The molecule has 3 unspecified atom stereocenters. The van der Waals surface area contributed by atoms with E-state index in [1.54, 1.807) is 0 Å². The van der Waals surface area contributed by atoms with Crippen molar-refractivity contribution in [2.75, 3.05) is 0 Å². The van der Waals surface area contributed by atoms with Gasteiger partial charge in [0, 0.05) is 12.1 Å². The Kier molecular flexibility index (Phi) is 2.28. The summed E-state index contributed by atoms with van der Waals surface area (Å²) in [5.41, 5.74) is 8.37. The normalized spacial score (nSPS) is 33.3. The van der Waals surface area contributed by atoms with Crippen molar-refractivity contribution in [3.63, 3.8) is 0 Å². The van der Waals surface area contributed by atoms with Crippen LogP contribution in [0.1, 0.15) is 43.0 Å². The topological polar surface area (TPSA) is 43.8 Å². The Morgan fingerprint density at radius 2 is 2.31 bits per heavy atom. The molecular weight excluding hydrogens is 205 g/mol. The van der Waals surface area contributed by atoms with Gasteiger partial charge in [0.05, 0.1) is 18.3 Å². The fourth-order valence-electron chi connectivity index (χ4n) is 2.94. The predicted octanol–water partition coefficient (Wildman–Crippen LogP) is 1.75. The van der Waals surface area contributed by atoms with Gasteiger partial charge in [-0.3, -0.25) is 0 Å². The summed E-state index contributed by atoms with van der Waals surface area (Å²) in [5.74, 6) is 1.59. The number of rotatable bonds is 0. The van der Waals surface area contributed by atoms with Crippen LogP contribution in [-0.4, -0.2) is 15.7 Å². The van der Waals surface area contributed by atoms with Gasteiger partial charge >= 0.3 is 0 Å². The SMILES string of the molecule is CC1CCc2nc3n(c2C1)CC(F)CC3N. The van der Waals surface area contributed by atoms with E-state index in [1.165, 1.54) is 12.1 Å². The van der Waals surface area contributed by atoms with Gasteiger partial charge in [-0.05, 0) is 25.2 Å². The first kappa shape index (κ1) is 10.3. The monoisotopic (exact) mass is 223 g/mol. The Bertz CT molecular complexity index is 413. The van der Waals surface area contributed by atoms with Crippen LogP contribution in [0.2, 0.25) is 0 Å². The van der Waals surface area contributed by atoms with Gasteiger partial charge in [0.2, 0.25) is 0 Å². The first-order chi connectivity index (χ1) is 7.65. The maximum Gasteiger partial charge on any atom is 0.126 e. The molecule has 1 aromatic rings. The van der Waals surface area contributed by atoms with Crippen molar-refractivity contribution >= 4 is 0 Å². The van der Waals surface area contributed by atoms with Crippen molar-refractivity contribution in [1.82, 2.24) is 9.55 Å². The molecule has 2 heterocycles. The zero-order valence-electron chi connectivity index (χ0n) is 9.62. The van der Waals surface area contributed by atoms with Crippen molar-refractivity contribution in [3.8, 4) is 0 Å². The highest BCUT2D eigenvalue weighted by molar-refractivity contribution is 5.23. The number of alkyl halides is 1. The van der Waals surface area contributed by atoms with Gasteiger partial charge in [0.25, 0.3) is 0 Å². The Morgan fingerprint density at radius 1 is 1.50 bits per heavy atom. The van der Waals surface area contributed by atoms with E-state index in [2.05, 4.69) is 11.9 Å². The Morgan fingerprint density at radius 3 is 3.12 bits per heavy atom. The molecule has 88 valence electrons. The lowest BCUT2D eigenvalue weighted by molar-refractivity contribution is 0.227. The molecule has 1 aliphatic carbocycles. The molecule has 2 aliphatic rings. The molecule has 0 radical (unpaired) electrons. The highest BCUT2D eigenvalue weighted by Gasteiger charge is 2.31. The highest BCUT2D eigenvalue weighted by atomic mass is 19.1. The summed E-state index contributed by atoms with van der Waals surface area (Å²) in [6, 6.07) is -0.218. The number of nitrogens with two attached hydrogens (primary N) is 1. The van der Waals surface area contributed by atoms with Crippen molar-refractivity contribution in [1.29, 1.82) is 0 Å². The van der Waals surface area contributed by atoms with E-state index < -0.39 is 6.17 Å². The van der Waals surface area contributed by atoms with Crippen LogP contribution >= 0.6 is 0 Å². The summed E-state index contributed by atoms with van der Waals surface area (Å²) in [4.78, 5) is 4.61. The fourth-order valence-corrected chi connectivity index (χ4v) is 2.94. The number of hydrogen-bond donors (Lipinski definition) is 1. The number of imidazole rings is 1. The van der Waals surface area contributed by atoms with Gasteiger partial charge in [-0.25, -0.2) is 9.37 Å². The number of aryl methyl sites for hydroxylation is 1. The number of hydrogen-bond acceptors (Lipinski definition) is 2. The van der Waals surface area contributed by atoms with E-state index in [4.69, 9.17) is 5.73 Å². The first-order valence-corrected chi connectivity index (χ1v) is 6.13. The number of nitrogens with zero attached hydrogens (tertiary/aromatic N) is 2. The van der Waals surface area contributed by atoms with Gasteiger partial charge < -0.3 is 10.3 Å². The van der Waals surface area contributed by atoms with Gasteiger partial charge in [0.15, 0.2) is 0 Å². The lowest BCUT2D eigenvalue weighted by atomic mass is 9.91. The minimum Gasteiger partial charge on any atom is -0.328 e. The molecule has 0 bridgehead atoms. The van der Waals surface area contributed by atoms with Crippen LogP contribution in [0, 0.1) is 5.92 Å². The van der Waals surface area contributed by atoms with Gasteiger partial charge in [0.1, 0.15) is 12.0 Å². The Labute approximate surface area is 94.8 Å². The highest BCUT2D eigenvalue weighted by Crippen LogP contribution is 2.32. The molecule has 0 amide bonds. The number of fused-ring (bicyclic) bond motifs is 3. The second-order valence-corrected chi connectivity index (χ2v) is 5.26. The molecule has 0 fully saturated rings. The average Bonchev–Trinajstić information content (AvgIpc) is 2.57. The zero-order valence-corrected chi connectivity index (χ0v) is 9.62. The summed E-state index contributed by atoms with van der Waals surface area (Å²) in [6.07, 6.45) is 2.86. The minimum atomic E-state index is -0.807. The maximum atomic E-state index is 13.5. The molecule has 0 saturated heterocycles. The number of halogens is 1. The third kappa shape index (κ3) is 1.47. The van der Waals surface area contributed by atoms with Crippen LogP contribution in [0.15, 0.2) is 0 Å². The van der Waals surface area contributed by atoms with Gasteiger partial charge in [-0.15, -0.1) is 0 Å². The average molecular weight is 223 g/mol. The molecule has 0 spiro atoms. The molecule has 3 atom stereocenters. The standard InChI is InChI=1S/C12H18FN3/c1-7-2-3-10-11(4-7)16-6-8(13)5-9(14)12(16)15-10/h7-9H,2-6,14H2,1H3. The molecule has 2 N–H and O–H groups in total. The van der Waals surface area contributed by atoms with E-state index in [0.717, 1.165) is 24.4 Å². The fraction of sp³-hybridized carbons (Fsp3) is 0.750. The third-order valence-corrected chi connectivity index (χ3v) is 3.82. The van der Waals surface area contributed by atoms with Gasteiger partial charge in [-0.2, -0.15) is 0 Å². The van der Waals surface area contributed by atoms with Crippen molar-refractivity contribution in [2.24, 2.45) is 11.7 Å². The summed E-state index contributed by atoms with van der Waals surface area (Å²) in [6.45, 7) is 2.71. The lowest BCUT2D eigenvalue weighted by Gasteiger charge is -2.26. The summed E-state index contributed by atoms with van der Waals surface area (Å²) < 4.78 is 15.6. The molecule has 1 aromatic heterocycles. The maximum absolute atomic E-state index is 13.5. The Hall–Kier alpha value is -0.900. The third-order valence-electron chi connectivity index (χ3n) is 3.82. The van der Waals surface area contributed by atoms with E-state index in [0.29, 0.717) is 18.9 Å². The second kappa shape index (κ2) is 3.55. The van der Waals surface area contributed by atoms with Crippen LogP contribution in [-0.2, 0) is 19.4 Å². The van der Waals surface area contributed by atoms with Crippen LogP contribution < -0.4 is 5.73 Å². The van der Waals surface area contributed by atoms with Crippen molar-refractivity contribution < 1.29 is 4.39 Å². The molecular formula is C12H18FN3. The van der Waals surface area contributed by atoms with Crippen LogP contribution in [0.25, 0.3) is 0 Å². The van der Waals surface area contributed by atoms with Crippen molar-refractivity contribution in [2.45, 2.75) is 51.4 Å². The minimum absolute atomic E-state index is 0.218. The Balaban J connectivity index is 2.05. The molecule has 3 nitrogen and oxygen atoms in total. The summed E-state index contributed by atoms with van der Waals surface area (Å²) in [5, 5.41) is 0. The van der Waals surface area contributed by atoms with E-state index in [1.807, 2.05) is 4.57 Å². The largest absolute Gasteiger partial charge is 0.328 e.